The summed E-state index contributed by atoms with van der Waals surface area (Å²) in [5, 5.41) is 46.5. The van der Waals surface area contributed by atoms with Crippen molar-refractivity contribution in [3.05, 3.63) is 24.3 Å². The normalized spacial score (nSPS) is 12.7. The van der Waals surface area contributed by atoms with Crippen LogP contribution in [0, 0.1) is 0 Å². The first-order chi connectivity index (χ1) is 53.1. The van der Waals surface area contributed by atoms with E-state index in [4.69, 9.17) is 20.9 Å². The van der Waals surface area contributed by atoms with Crippen molar-refractivity contribution in [3.8, 4) is 0 Å². The number of allylic oxidation sites excluding steroid dienone is 2. The number of nitrogens with one attached hydrogen (secondary N) is 8. The van der Waals surface area contributed by atoms with Crippen molar-refractivity contribution in [1.29, 1.82) is 0 Å². The van der Waals surface area contributed by atoms with Gasteiger partial charge in [0.2, 0.25) is 11.8 Å². The average molecular weight is 1530 g/mol. The van der Waals surface area contributed by atoms with Gasteiger partial charge in [0, 0.05) is 25.9 Å². The molecule has 0 aromatic rings. The highest BCUT2D eigenvalue weighted by molar-refractivity contribution is 5.77. The maximum Gasteiger partial charge on any atom is 0.407 e. The molecular formula is C90H182N10O8. The molecule has 0 aliphatic heterocycles. The Hall–Kier alpha value is -3.36. The van der Waals surface area contributed by atoms with Gasteiger partial charge >= 0.3 is 12.2 Å². The Balaban J connectivity index is 0. The molecule has 4 amide bonds. The molecule has 0 rings (SSSR count). The minimum Gasteiger partial charge on any atom is -0.447 e. The minimum atomic E-state index is -0.916. The van der Waals surface area contributed by atoms with E-state index in [9.17, 15) is 29.4 Å². The smallest absolute Gasteiger partial charge is 0.407 e. The van der Waals surface area contributed by atoms with Crippen molar-refractivity contribution in [2.45, 2.75) is 437 Å². The fraction of sp³-hybridized carbons (Fsp3) is 0.911. The molecule has 14 N–H and O–H groups in total. The number of carbonyl (C=O) groups is 4. The number of rotatable bonds is 86. The number of aliphatic hydroxyl groups is 2. The molecule has 0 spiro atoms. The van der Waals surface area contributed by atoms with Crippen LogP contribution in [0.15, 0.2) is 24.3 Å². The van der Waals surface area contributed by atoms with Gasteiger partial charge in [-0.05, 0) is 161 Å². The lowest BCUT2D eigenvalue weighted by Crippen LogP contribution is -2.48. The molecule has 0 saturated heterocycles. The zero-order chi connectivity index (χ0) is 78.8. The van der Waals surface area contributed by atoms with Gasteiger partial charge in [-0.2, -0.15) is 0 Å². The van der Waals surface area contributed by atoms with Gasteiger partial charge in [0.05, 0.1) is 24.8 Å². The van der Waals surface area contributed by atoms with Crippen LogP contribution in [0.3, 0.4) is 0 Å². The van der Waals surface area contributed by atoms with E-state index in [2.05, 4.69) is 70.2 Å². The summed E-state index contributed by atoms with van der Waals surface area (Å²) in [5.41, 5.74) is 11.0. The van der Waals surface area contributed by atoms with Gasteiger partial charge in [-0.25, -0.2) is 9.59 Å². The Morgan fingerprint density at radius 2 is 0.602 bits per heavy atom. The van der Waals surface area contributed by atoms with E-state index in [1.165, 1.54) is 257 Å². The number of ether oxygens (including phenoxy) is 2. The fourth-order valence-electron chi connectivity index (χ4n) is 13.5. The third kappa shape index (κ3) is 85.1. The summed E-state index contributed by atoms with van der Waals surface area (Å²) in [5.74, 6) is -0.190. The number of nitrogens with two attached hydrogens (primary N) is 2. The van der Waals surface area contributed by atoms with Gasteiger partial charge in [-0.1, -0.05) is 328 Å². The minimum absolute atomic E-state index is 0.0717. The first-order valence-corrected chi connectivity index (χ1v) is 46.4. The van der Waals surface area contributed by atoms with E-state index >= 15 is 0 Å². The topological polar surface area (TPSA) is 275 Å². The van der Waals surface area contributed by atoms with E-state index in [1.54, 1.807) is 6.08 Å². The largest absolute Gasteiger partial charge is 0.447 e. The highest BCUT2D eigenvalue weighted by Crippen LogP contribution is 2.18. The fourth-order valence-corrected chi connectivity index (χ4v) is 13.5. The van der Waals surface area contributed by atoms with E-state index < -0.39 is 36.5 Å². The van der Waals surface area contributed by atoms with Crippen molar-refractivity contribution in [2.24, 2.45) is 11.5 Å². The molecule has 0 bridgehead atoms. The molecular weight excluding hydrogens is 1350 g/mol. The molecule has 0 aromatic heterocycles. The number of hydrogen-bond donors (Lipinski definition) is 12. The van der Waals surface area contributed by atoms with Crippen LogP contribution in [0.4, 0.5) is 9.59 Å². The molecule has 0 saturated carbocycles. The van der Waals surface area contributed by atoms with Crippen LogP contribution in [0.5, 0.6) is 0 Å². The maximum atomic E-state index is 12.9. The zero-order valence-electron chi connectivity index (χ0n) is 71.4. The highest BCUT2D eigenvalue weighted by Gasteiger charge is 2.25. The van der Waals surface area contributed by atoms with Crippen LogP contribution in [0.1, 0.15) is 413 Å². The summed E-state index contributed by atoms with van der Waals surface area (Å²) in [6.45, 7) is 18.7. The third-order valence-electron chi connectivity index (χ3n) is 20.6. The predicted octanol–water partition coefficient (Wildman–Crippen LogP) is 20.0. The van der Waals surface area contributed by atoms with Crippen LogP contribution < -0.4 is 54.0 Å². The summed E-state index contributed by atoms with van der Waals surface area (Å²) in [6.07, 6.45) is 77.1. The molecule has 4 atom stereocenters. The van der Waals surface area contributed by atoms with E-state index in [0.717, 1.165) is 181 Å². The van der Waals surface area contributed by atoms with E-state index in [0.29, 0.717) is 25.9 Å². The molecule has 640 valence electrons. The Morgan fingerprint density at radius 3 is 0.926 bits per heavy atom. The Bertz CT molecular complexity index is 1850. The second-order valence-corrected chi connectivity index (χ2v) is 31.2. The molecule has 0 aliphatic carbocycles. The number of aliphatic hydroxyl groups excluding tert-OH is 2. The Kier molecular flexibility index (Phi) is 91.4. The summed E-state index contributed by atoms with van der Waals surface area (Å²) in [4.78, 5) is 51.0. The third-order valence-corrected chi connectivity index (χ3v) is 20.6. The second-order valence-electron chi connectivity index (χ2n) is 31.2. The number of alkyl carbamates (subject to hydrolysis) is 2. The molecule has 108 heavy (non-hydrogen) atoms. The Labute approximate surface area is 666 Å². The van der Waals surface area contributed by atoms with E-state index in [1.807, 2.05) is 18.2 Å². The van der Waals surface area contributed by atoms with Gasteiger partial charge < -0.3 is 73.7 Å². The predicted molar refractivity (Wildman–Crippen MR) is 462 cm³/mol. The summed E-state index contributed by atoms with van der Waals surface area (Å²) >= 11 is 0. The van der Waals surface area contributed by atoms with Crippen LogP contribution in [0.2, 0.25) is 0 Å². The summed E-state index contributed by atoms with van der Waals surface area (Å²) in [7, 11) is 0. The number of unbranched alkanes of at least 4 members (excludes halogenated alkanes) is 48. The van der Waals surface area contributed by atoms with Gasteiger partial charge in [0.1, 0.15) is 12.7 Å². The number of hydrogen-bond acceptors (Lipinski definition) is 14. The van der Waals surface area contributed by atoms with Gasteiger partial charge in [-0.3, -0.25) is 9.59 Å². The molecule has 0 radical (unpaired) electrons. The maximum absolute atomic E-state index is 12.9. The molecule has 0 fully saturated rings. The molecule has 0 aromatic carbocycles. The average Bonchev–Trinajstić information content (AvgIpc) is 0.907. The van der Waals surface area contributed by atoms with Crippen molar-refractivity contribution >= 4 is 24.0 Å². The van der Waals surface area contributed by atoms with Crippen LogP contribution in [-0.4, -0.2) is 150 Å². The summed E-state index contributed by atoms with van der Waals surface area (Å²) in [6, 6.07) is -1.35. The standard InChI is InChI=1S/2C45H91N5O4/c1-3-5-7-9-11-13-15-17-19-21-23-25-27-33-43(51)42(41-54-45(53)49-40-32-39-48-37-30-29-36-47-38-31-35-46)50-44(52)34-28-26-24-22-20-18-16-14-12-10-8-6-4-2;1-3-5-7-9-11-13-15-17-19-21-23-25-27-33-43(54-45(53)49-40-32-39-48-37-30-29-36-47-38-31-35-46)42(41-51)50-44(52)34-28-26-24-22-20-18-16-14-12-10-8-6-4-2/h2*27,33,42-43,47-48,51H,3-26,28-32,34-41,46H2,1-2H3,(H,49,53)(H,50,52)/b2*33-27+/t2*42-,43+/m00/s1. The van der Waals surface area contributed by atoms with Gasteiger partial charge in [0.25, 0.3) is 0 Å². The highest BCUT2D eigenvalue weighted by atomic mass is 16.6. The quantitative estimate of drug-likeness (QED) is 0.0199. The monoisotopic (exact) mass is 1530 g/mol. The van der Waals surface area contributed by atoms with Gasteiger partial charge in [-0.15, -0.1) is 0 Å². The van der Waals surface area contributed by atoms with Crippen molar-refractivity contribution in [2.75, 3.05) is 91.8 Å². The van der Waals surface area contributed by atoms with E-state index in [-0.39, 0.29) is 25.0 Å². The first kappa shape index (κ1) is 107. The lowest BCUT2D eigenvalue weighted by Gasteiger charge is -2.24. The molecule has 0 heterocycles. The van der Waals surface area contributed by atoms with Crippen LogP contribution in [0.25, 0.3) is 0 Å². The molecule has 0 aliphatic rings. The zero-order valence-corrected chi connectivity index (χ0v) is 71.4. The van der Waals surface area contributed by atoms with Crippen molar-refractivity contribution in [3.63, 3.8) is 0 Å². The Morgan fingerprint density at radius 1 is 0.324 bits per heavy atom. The molecule has 18 heteroatoms. The number of carbonyl (C=O) groups excluding carboxylic acids is 4. The lowest BCUT2D eigenvalue weighted by molar-refractivity contribution is -0.123. The molecule has 0 unspecified atom stereocenters. The second kappa shape index (κ2) is 92.5. The first-order valence-electron chi connectivity index (χ1n) is 46.4. The SMILES string of the molecule is CCCCCCCCCCCCC/C=C/[C@@H](O)[C@H](COC(=O)NCCCNCCCCNCCCN)NC(=O)CCCCCCCCCCCCCCC.CCCCCCCCCCCCC/C=C/[C@@H](OC(=O)NCCCNCCCCNCCCN)[C@H](CO)NC(=O)CCCCCCCCCCCCCCC. The van der Waals surface area contributed by atoms with Gasteiger partial charge in [0.15, 0.2) is 0 Å². The summed E-state index contributed by atoms with van der Waals surface area (Å²) < 4.78 is 11.3. The number of amides is 4. The molecule has 18 nitrogen and oxygen atoms in total. The van der Waals surface area contributed by atoms with Crippen LogP contribution >= 0.6 is 0 Å². The van der Waals surface area contributed by atoms with Crippen molar-refractivity contribution in [1.82, 2.24) is 42.5 Å². The van der Waals surface area contributed by atoms with Crippen LogP contribution in [-0.2, 0) is 19.1 Å². The van der Waals surface area contributed by atoms with Crippen molar-refractivity contribution < 1.29 is 38.9 Å². The lowest BCUT2D eigenvalue weighted by atomic mass is 10.0.